The molecule has 0 aliphatic rings. The van der Waals surface area contributed by atoms with Crippen molar-refractivity contribution in [2.75, 3.05) is 6.54 Å². The van der Waals surface area contributed by atoms with Crippen LogP contribution in [0.5, 0.6) is 5.75 Å². The summed E-state index contributed by atoms with van der Waals surface area (Å²) in [6.45, 7) is 0.455. The minimum Gasteiger partial charge on any atom is -0.508 e. The van der Waals surface area contributed by atoms with Crippen molar-refractivity contribution in [2.24, 2.45) is 0 Å². The third-order valence-electron chi connectivity index (χ3n) is 3.90. The zero-order valence-corrected chi connectivity index (χ0v) is 13.5. The van der Waals surface area contributed by atoms with Crippen LogP contribution in [0.1, 0.15) is 11.1 Å². The Morgan fingerprint density at radius 1 is 1.24 bits per heavy atom. The summed E-state index contributed by atoms with van der Waals surface area (Å²) >= 11 is 0. The molecule has 0 unspecified atom stereocenters. The number of nitrogens with one attached hydrogen (secondary N) is 2. The Balaban J connectivity index is 1.72. The number of hydrogen-bond acceptors (Lipinski definition) is 3. The number of phenols is 1. The summed E-state index contributed by atoms with van der Waals surface area (Å²) in [4.78, 5) is 15.3. The number of carbonyl (C=O) groups is 1. The third kappa shape index (κ3) is 3.88. The second-order valence-corrected chi connectivity index (χ2v) is 5.64. The predicted octanol–water partition coefficient (Wildman–Crippen LogP) is 3.14. The Morgan fingerprint density at radius 3 is 2.80 bits per heavy atom. The predicted molar refractivity (Wildman–Crippen MR) is 96.7 cm³/mol. The van der Waals surface area contributed by atoms with Crippen molar-refractivity contribution in [1.82, 2.24) is 10.3 Å². The number of hydrogen-bond donors (Lipinski definition) is 3. The topological polar surface area (TPSA) is 88.9 Å². The number of nitriles is 1. The van der Waals surface area contributed by atoms with Crippen LogP contribution in [0.15, 0.2) is 60.3 Å². The molecule has 25 heavy (non-hydrogen) atoms. The first kappa shape index (κ1) is 16.3. The number of nitrogens with zero attached hydrogens (tertiary/aromatic N) is 1. The molecule has 0 saturated carbocycles. The molecule has 1 amide bonds. The smallest absolute Gasteiger partial charge is 0.261 e. The molecule has 0 aliphatic heterocycles. The van der Waals surface area contributed by atoms with Crippen molar-refractivity contribution in [2.45, 2.75) is 6.42 Å². The van der Waals surface area contributed by atoms with Crippen LogP contribution in [-0.2, 0) is 11.2 Å². The van der Waals surface area contributed by atoms with E-state index in [2.05, 4.69) is 10.3 Å². The van der Waals surface area contributed by atoms with Gasteiger partial charge in [-0.2, -0.15) is 5.26 Å². The van der Waals surface area contributed by atoms with Gasteiger partial charge in [-0.05, 0) is 36.3 Å². The number of benzene rings is 2. The summed E-state index contributed by atoms with van der Waals surface area (Å²) in [5.41, 5.74) is 2.65. The van der Waals surface area contributed by atoms with Crippen molar-refractivity contribution in [1.29, 1.82) is 5.26 Å². The van der Waals surface area contributed by atoms with Gasteiger partial charge in [-0.15, -0.1) is 0 Å². The van der Waals surface area contributed by atoms with E-state index >= 15 is 0 Å². The average molecular weight is 331 g/mol. The highest BCUT2D eigenvalue weighted by Crippen LogP contribution is 2.24. The second-order valence-electron chi connectivity index (χ2n) is 5.64. The number of aromatic hydroxyl groups is 1. The van der Waals surface area contributed by atoms with Crippen LogP contribution in [0.3, 0.4) is 0 Å². The molecular formula is C20H17N3O2. The number of aromatic amines is 1. The van der Waals surface area contributed by atoms with Crippen LogP contribution in [0.25, 0.3) is 17.0 Å². The van der Waals surface area contributed by atoms with Gasteiger partial charge < -0.3 is 15.4 Å². The second kappa shape index (κ2) is 7.37. The molecule has 1 aromatic heterocycles. The van der Waals surface area contributed by atoms with E-state index in [1.165, 1.54) is 6.08 Å². The minimum absolute atomic E-state index is 0.0253. The number of fused-ring (bicyclic) bond motifs is 1. The number of carbonyl (C=O) groups excluding carboxylic acids is 1. The Morgan fingerprint density at radius 2 is 2.04 bits per heavy atom. The first-order valence-corrected chi connectivity index (χ1v) is 7.91. The molecule has 0 spiro atoms. The van der Waals surface area contributed by atoms with Crippen LogP contribution in [0.2, 0.25) is 0 Å². The van der Waals surface area contributed by atoms with Gasteiger partial charge in [0.25, 0.3) is 5.91 Å². The lowest BCUT2D eigenvalue weighted by atomic mass is 10.1. The van der Waals surface area contributed by atoms with E-state index in [0.717, 1.165) is 16.5 Å². The summed E-state index contributed by atoms with van der Waals surface area (Å²) in [5.74, 6) is -0.277. The summed E-state index contributed by atoms with van der Waals surface area (Å²) in [6.07, 6.45) is 3.93. The molecule has 0 fully saturated rings. The van der Waals surface area contributed by atoms with Crippen LogP contribution < -0.4 is 5.32 Å². The molecule has 3 N–H and O–H groups in total. The molecule has 0 bridgehead atoms. The van der Waals surface area contributed by atoms with Crippen LogP contribution in [0.4, 0.5) is 0 Å². The molecular weight excluding hydrogens is 314 g/mol. The van der Waals surface area contributed by atoms with E-state index in [0.29, 0.717) is 18.5 Å². The van der Waals surface area contributed by atoms with Crippen LogP contribution in [0, 0.1) is 11.3 Å². The van der Waals surface area contributed by atoms with Crippen molar-refractivity contribution >= 4 is 22.9 Å². The molecule has 5 nitrogen and oxygen atoms in total. The molecule has 2 aromatic carbocycles. The Hall–Kier alpha value is -3.52. The highest BCUT2D eigenvalue weighted by atomic mass is 16.3. The lowest BCUT2D eigenvalue weighted by molar-refractivity contribution is -0.117. The molecule has 0 aliphatic carbocycles. The standard InChI is InChI=1S/C20H17N3O2/c21-12-15(20(25)22-9-8-14-4-2-1-3-5-14)10-16-13-23-19-7-6-17(24)11-18(16)19/h1-7,10-11,13,23-24H,8-9H2,(H,22,25). The van der Waals surface area contributed by atoms with E-state index in [9.17, 15) is 15.2 Å². The van der Waals surface area contributed by atoms with Crippen molar-refractivity contribution < 1.29 is 9.90 Å². The maximum atomic E-state index is 12.2. The molecule has 3 aromatic rings. The van der Waals surface area contributed by atoms with Gasteiger partial charge in [-0.3, -0.25) is 4.79 Å². The first-order valence-electron chi connectivity index (χ1n) is 7.91. The van der Waals surface area contributed by atoms with E-state index < -0.39 is 5.91 Å². The number of phenolic OH excluding ortho intramolecular Hbond substituents is 1. The van der Waals surface area contributed by atoms with E-state index in [-0.39, 0.29) is 11.3 Å². The molecule has 0 radical (unpaired) electrons. The fourth-order valence-corrected chi connectivity index (χ4v) is 2.61. The summed E-state index contributed by atoms with van der Waals surface area (Å²) in [5, 5.41) is 22.4. The lowest BCUT2D eigenvalue weighted by Gasteiger charge is -2.04. The van der Waals surface area contributed by atoms with Crippen LogP contribution >= 0.6 is 0 Å². The monoisotopic (exact) mass is 331 g/mol. The largest absolute Gasteiger partial charge is 0.508 e. The Bertz CT molecular complexity index is 966. The first-order chi connectivity index (χ1) is 12.2. The van der Waals surface area contributed by atoms with E-state index in [1.54, 1.807) is 24.4 Å². The fraction of sp³-hybridized carbons (Fsp3) is 0.100. The summed E-state index contributed by atoms with van der Waals surface area (Å²) in [6, 6.07) is 16.7. The minimum atomic E-state index is -0.409. The highest BCUT2D eigenvalue weighted by Gasteiger charge is 2.10. The maximum Gasteiger partial charge on any atom is 0.261 e. The van der Waals surface area contributed by atoms with E-state index in [4.69, 9.17) is 0 Å². The van der Waals surface area contributed by atoms with Gasteiger partial charge in [0.2, 0.25) is 0 Å². The Kier molecular flexibility index (Phi) is 4.82. The van der Waals surface area contributed by atoms with Crippen molar-refractivity contribution in [3.05, 3.63) is 71.4 Å². The van der Waals surface area contributed by atoms with Gasteiger partial charge in [0, 0.05) is 29.2 Å². The van der Waals surface area contributed by atoms with Crippen LogP contribution in [-0.4, -0.2) is 22.5 Å². The van der Waals surface area contributed by atoms with Gasteiger partial charge >= 0.3 is 0 Å². The zero-order valence-electron chi connectivity index (χ0n) is 13.5. The fourth-order valence-electron chi connectivity index (χ4n) is 2.61. The van der Waals surface area contributed by atoms with E-state index in [1.807, 2.05) is 36.4 Å². The lowest BCUT2D eigenvalue weighted by Crippen LogP contribution is -2.26. The van der Waals surface area contributed by atoms with Gasteiger partial charge in [-0.1, -0.05) is 30.3 Å². The van der Waals surface area contributed by atoms with Gasteiger partial charge in [-0.25, -0.2) is 0 Å². The molecule has 1 heterocycles. The van der Waals surface area contributed by atoms with Gasteiger partial charge in [0.05, 0.1) is 0 Å². The number of rotatable bonds is 5. The number of amides is 1. The van der Waals surface area contributed by atoms with Gasteiger partial charge in [0.15, 0.2) is 0 Å². The molecule has 3 rings (SSSR count). The normalized spacial score (nSPS) is 11.2. The summed E-state index contributed by atoms with van der Waals surface area (Å²) < 4.78 is 0. The Labute approximate surface area is 145 Å². The quantitative estimate of drug-likeness (QED) is 0.496. The molecule has 5 heteroatoms. The molecule has 0 saturated heterocycles. The highest BCUT2D eigenvalue weighted by molar-refractivity contribution is 6.04. The summed E-state index contributed by atoms with van der Waals surface area (Å²) in [7, 11) is 0. The third-order valence-corrected chi connectivity index (χ3v) is 3.90. The average Bonchev–Trinajstić information content (AvgIpc) is 3.02. The molecule has 124 valence electrons. The zero-order chi connectivity index (χ0) is 17.6. The van der Waals surface area contributed by atoms with Crippen molar-refractivity contribution in [3.8, 4) is 11.8 Å². The SMILES string of the molecule is N#CC(=Cc1c[nH]c2ccc(O)cc12)C(=O)NCCc1ccccc1. The number of aromatic nitrogens is 1. The molecule has 0 atom stereocenters. The number of H-pyrrole nitrogens is 1. The maximum absolute atomic E-state index is 12.2. The van der Waals surface area contributed by atoms with Gasteiger partial charge in [0.1, 0.15) is 17.4 Å². The van der Waals surface area contributed by atoms with Crippen molar-refractivity contribution in [3.63, 3.8) is 0 Å².